The average molecular weight is 242 g/mol. The molecule has 16 heavy (non-hydrogen) atoms. The first-order valence-corrected chi connectivity index (χ1v) is 6.03. The molecular formula is C11H18N2O2S. The van der Waals surface area contributed by atoms with Gasteiger partial charge in [0.1, 0.15) is 0 Å². The molecule has 4 nitrogen and oxygen atoms in total. The Kier molecular flexibility index (Phi) is 3.91. The van der Waals surface area contributed by atoms with Gasteiger partial charge in [0.15, 0.2) is 10.8 Å². The second-order valence-corrected chi connectivity index (χ2v) is 5.62. The maximum Gasteiger partial charge on any atom is 0.357 e. The fourth-order valence-corrected chi connectivity index (χ4v) is 1.71. The quantitative estimate of drug-likeness (QED) is 0.828. The Morgan fingerprint density at radius 1 is 1.56 bits per heavy atom. The minimum absolute atomic E-state index is 0.150. The number of carbonyl (C=O) groups is 1. The molecule has 5 heteroatoms. The molecule has 0 amide bonds. The number of nitrogens with zero attached hydrogens (tertiary/aromatic N) is 1. The van der Waals surface area contributed by atoms with Crippen molar-refractivity contribution in [3.63, 3.8) is 0 Å². The molecule has 0 radical (unpaired) electrons. The number of thiazole rings is 1. The van der Waals surface area contributed by atoms with Crippen LogP contribution in [-0.2, 0) is 4.74 Å². The number of aromatic nitrogens is 1. The van der Waals surface area contributed by atoms with Gasteiger partial charge in [-0.2, -0.15) is 0 Å². The van der Waals surface area contributed by atoms with E-state index in [-0.39, 0.29) is 11.5 Å². The summed E-state index contributed by atoms with van der Waals surface area (Å²) in [7, 11) is 1.35. The maximum absolute atomic E-state index is 11.2. The molecule has 1 N–H and O–H groups in total. The first-order valence-electron chi connectivity index (χ1n) is 5.15. The van der Waals surface area contributed by atoms with Crippen molar-refractivity contribution in [3.8, 4) is 0 Å². The van der Waals surface area contributed by atoms with E-state index in [9.17, 15) is 4.79 Å². The summed E-state index contributed by atoms with van der Waals surface area (Å²) >= 11 is 1.41. The van der Waals surface area contributed by atoms with Crippen LogP contribution in [0.1, 0.15) is 38.2 Å². The third-order valence-electron chi connectivity index (χ3n) is 2.54. The number of esters is 1. The van der Waals surface area contributed by atoms with Gasteiger partial charge in [-0.1, -0.05) is 20.8 Å². The Morgan fingerprint density at radius 3 is 2.69 bits per heavy atom. The topological polar surface area (TPSA) is 51.2 Å². The third kappa shape index (κ3) is 3.20. The molecule has 0 spiro atoms. The summed E-state index contributed by atoms with van der Waals surface area (Å²) in [5.41, 5.74) is 0.507. The second-order valence-electron chi connectivity index (χ2n) is 4.76. The molecule has 0 saturated carbocycles. The second kappa shape index (κ2) is 4.82. The van der Waals surface area contributed by atoms with Gasteiger partial charge in [0.25, 0.3) is 0 Å². The van der Waals surface area contributed by atoms with Crippen molar-refractivity contribution in [1.29, 1.82) is 0 Å². The average Bonchev–Trinajstić information content (AvgIpc) is 2.63. The molecule has 1 atom stereocenters. The van der Waals surface area contributed by atoms with Gasteiger partial charge in [-0.15, -0.1) is 11.3 Å². The van der Waals surface area contributed by atoms with E-state index in [0.717, 1.165) is 5.13 Å². The Balaban J connectivity index is 2.69. The van der Waals surface area contributed by atoms with Crippen molar-refractivity contribution in [1.82, 2.24) is 4.98 Å². The molecule has 0 aromatic carbocycles. The van der Waals surface area contributed by atoms with Gasteiger partial charge in [0.05, 0.1) is 7.11 Å². The summed E-state index contributed by atoms with van der Waals surface area (Å²) < 4.78 is 4.60. The van der Waals surface area contributed by atoms with Crippen LogP contribution in [0.5, 0.6) is 0 Å². The van der Waals surface area contributed by atoms with Crippen molar-refractivity contribution in [2.75, 3.05) is 12.4 Å². The highest BCUT2D eigenvalue weighted by Gasteiger charge is 2.21. The van der Waals surface area contributed by atoms with Crippen LogP contribution in [0.2, 0.25) is 0 Å². The Morgan fingerprint density at radius 2 is 2.19 bits per heavy atom. The van der Waals surface area contributed by atoms with E-state index in [2.05, 4.69) is 42.7 Å². The highest BCUT2D eigenvalue weighted by atomic mass is 32.1. The zero-order chi connectivity index (χ0) is 12.3. The van der Waals surface area contributed by atoms with Gasteiger partial charge in [-0.25, -0.2) is 9.78 Å². The lowest BCUT2D eigenvalue weighted by Gasteiger charge is -2.27. The van der Waals surface area contributed by atoms with Gasteiger partial charge in [-0.05, 0) is 12.3 Å². The van der Waals surface area contributed by atoms with Crippen molar-refractivity contribution in [2.24, 2.45) is 5.41 Å². The summed E-state index contributed by atoms with van der Waals surface area (Å²) in [6.45, 7) is 8.55. The predicted octanol–water partition coefficient (Wildman–Crippen LogP) is 2.78. The van der Waals surface area contributed by atoms with E-state index < -0.39 is 5.97 Å². The summed E-state index contributed by atoms with van der Waals surface area (Å²) in [4.78, 5) is 15.4. The first kappa shape index (κ1) is 13.0. The zero-order valence-corrected chi connectivity index (χ0v) is 11.1. The Hall–Kier alpha value is -1.10. The normalized spacial score (nSPS) is 13.3. The van der Waals surface area contributed by atoms with E-state index in [1.807, 2.05) is 0 Å². The molecule has 0 aliphatic heterocycles. The minimum Gasteiger partial charge on any atom is -0.464 e. The molecule has 90 valence electrons. The van der Waals surface area contributed by atoms with Crippen LogP contribution in [0, 0.1) is 5.41 Å². The van der Waals surface area contributed by atoms with E-state index in [1.54, 1.807) is 5.38 Å². The fourth-order valence-electron chi connectivity index (χ4n) is 0.940. The van der Waals surface area contributed by atoms with Crippen LogP contribution in [0.15, 0.2) is 5.38 Å². The SMILES string of the molecule is COC(=O)c1csc(NC(C)C(C)(C)C)n1. The monoisotopic (exact) mass is 242 g/mol. The molecule has 0 bridgehead atoms. The van der Waals surface area contributed by atoms with Crippen molar-refractivity contribution >= 4 is 22.4 Å². The molecule has 1 aromatic rings. The van der Waals surface area contributed by atoms with E-state index in [1.165, 1.54) is 18.4 Å². The van der Waals surface area contributed by atoms with Gasteiger partial charge in [0, 0.05) is 11.4 Å². The highest BCUT2D eigenvalue weighted by Crippen LogP contribution is 2.24. The fraction of sp³-hybridized carbons (Fsp3) is 0.636. The molecule has 0 aliphatic carbocycles. The number of carbonyl (C=O) groups excluding carboxylic acids is 1. The largest absolute Gasteiger partial charge is 0.464 e. The van der Waals surface area contributed by atoms with Gasteiger partial charge >= 0.3 is 5.97 Å². The molecular weight excluding hydrogens is 224 g/mol. The molecule has 1 unspecified atom stereocenters. The first-order chi connectivity index (χ1) is 7.34. The van der Waals surface area contributed by atoms with Gasteiger partial charge in [-0.3, -0.25) is 0 Å². The zero-order valence-electron chi connectivity index (χ0n) is 10.3. The van der Waals surface area contributed by atoms with Crippen LogP contribution >= 0.6 is 11.3 Å². The number of ether oxygens (including phenoxy) is 1. The molecule has 0 fully saturated rings. The van der Waals surface area contributed by atoms with Crippen LogP contribution in [0.4, 0.5) is 5.13 Å². The molecule has 1 aromatic heterocycles. The summed E-state index contributed by atoms with van der Waals surface area (Å²) in [6, 6.07) is 0.282. The molecule has 0 aliphatic rings. The van der Waals surface area contributed by atoms with E-state index in [0.29, 0.717) is 5.69 Å². The summed E-state index contributed by atoms with van der Waals surface area (Å²) in [5.74, 6) is -0.396. The lowest BCUT2D eigenvalue weighted by Crippen LogP contribution is -2.30. The number of rotatable bonds is 3. The minimum atomic E-state index is -0.396. The number of hydrogen-bond donors (Lipinski definition) is 1. The number of anilines is 1. The summed E-state index contributed by atoms with van der Waals surface area (Å²) in [6.07, 6.45) is 0. The van der Waals surface area contributed by atoms with Crippen LogP contribution in [0.3, 0.4) is 0 Å². The Labute approximate surface area is 100 Å². The lowest BCUT2D eigenvalue weighted by molar-refractivity contribution is 0.0595. The van der Waals surface area contributed by atoms with E-state index in [4.69, 9.17) is 0 Å². The van der Waals surface area contributed by atoms with Gasteiger partial charge < -0.3 is 10.1 Å². The van der Waals surface area contributed by atoms with Crippen LogP contribution in [0.25, 0.3) is 0 Å². The number of methoxy groups -OCH3 is 1. The lowest BCUT2D eigenvalue weighted by atomic mass is 9.88. The summed E-state index contributed by atoms with van der Waals surface area (Å²) in [5, 5.41) is 5.73. The maximum atomic E-state index is 11.2. The van der Waals surface area contributed by atoms with Crippen molar-refractivity contribution in [2.45, 2.75) is 33.7 Å². The van der Waals surface area contributed by atoms with Crippen molar-refractivity contribution in [3.05, 3.63) is 11.1 Å². The van der Waals surface area contributed by atoms with Crippen LogP contribution < -0.4 is 5.32 Å². The molecule has 0 saturated heterocycles. The standard InChI is InChI=1S/C11H18N2O2S/c1-7(11(2,3)4)12-10-13-8(6-16-10)9(14)15-5/h6-7H,1-5H3,(H,12,13). The smallest absolute Gasteiger partial charge is 0.357 e. The van der Waals surface area contributed by atoms with Gasteiger partial charge in [0.2, 0.25) is 0 Å². The molecule has 1 rings (SSSR count). The van der Waals surface area contributed by atoms with Crippen LogP contribution in [-0.4, -0.2) is 24.1 Å². The third-order valence-corrected chi connectivity index (χ3v) is 3.31. The van der Waals surface area contributed by atoms with E-state index >= 15 is 0 Å². The highest BCUT2D eigenvalue weighted by molar-refractivity contribution is 7.13. The number of nitrogens with one attached hydrogen (secondary N) is 1. The van der Waals surface area contributed by atoms with Crippen molar-refractivity contribution < 1.29 is 9.53 Å². The Bertz CT molecular complexity index is 368. The number of hydrogen-bond acceptors (Lipinski definition) is 5. The molecule has 1 heterocycles. The predicted molar refractivity (Wildman–Crippen MR) is 66.0 cm³/mol.